The monoisotopic (exact) mass is 276 g/mol. The molecule has 9 heteroatoms. The highest BCUT2D eigenvalue weighted by Gasteiger charge is 2.13. The number of fused-ring (bicyclic) bond motifs is 1. The summed E-state index contributed by atoms with van der Waals surface area (Å²) in [4.78, 5) is 11.7. The summed E-state index contributed by atoms with van der Waals surface area (Å²) in [6.07, 6.45) is 0. The van der Waals surface area contributed by atoms with Gasteiger partial charge in [0.1, 0.15) is 6.54 Å². The molecule has 0 radical (unpaired) electrons. The summed E-state index contributed by atoms with van der Waals surface area (Å²) >= 11 is 0. The molecule has 9 nitrogen and oxygen atoms in total. The third-order valence-electron chi connectivity index (χ3n) is 2.78. The van der Waals surface area contributed by atoms with Crippen LogP contribution in [0.2, 0.25) is 0 Å². The molecule has 0 saturated heterocycles. The van der Waals surface area contributed by atoms with Crippen molar-refractivity contribution in [3.05, 3.63) is 23.8 Å². The van der Waals surface area contributed by atoms with E-state index in [9.17, 15) is 4.79 Å². The van der Waals surface area contributed by atoms with Gasteiger partial charge in [-0.25, -0.2) is 4.68 Å². The van der Waals surface area contributed by atoms with Crippen LogP contribution in [0, 0.1) is 0 Å². The number of anilines is 1. The lowest BCUT2D eigenvalue weighted by Gasteiger charge is -2.06. The Hall–Kier alpha value is -2.84. The fraction of sp³-hybridized carbons (Fsp3) is 0.273. The summed E-state index contributed by atoms with van der Waals surface area (Å²) in [6, 6.07) is 5.50. The van der Waals surface area contributed by atoms with E-state index in [0.717, 1.165) is 5.56 Å². The number of hydrogen-bond donors (Lipinski definition) is 2. The number of hydrogen-bond acceptors (Lipinski definition) is 7. The van der Waals surface area contributed by atoms with Crippen molar-refractivity contribution < 1.29 is 14.3 Å². The number of nitrogens with zero attached hydrogens (tertiary/aromatic N) is 4. The molecule has 2 heterocycles. The van der Waals surface area contributed by atoms with E-state index < -0.39 is 0 Å². The highest BCUT2D eigenvalue weighted by atomic mass is 16.7. The van der Waals surface area contributed by atoms with E-state index in [1.165, 1.54) is 4.68 Å². The SMILES string of the molecule is Nc1nnnn1CC(=O)NCc1ccc2c(c1)OCO2. The second-order valence-corrected chi connectivity index (χ2v) is 4.16. The lowest BCUT2D eigenvalue weighted by molar-refractivity contribution is -0.122. The largest absolute Gasteiger partial charge is 0.454 e. The molecule has 1 amide bonds. The van der Waals surface area contributed by atoms with Crippen LogP contribution in [0.15, 0.2) is 18.2 Å². The zero-order chi connectivity index (χ0) is 13.9. The first-order chi connectivity index (χ1) is 9.72. The molecule has 1 aliphatic heterocycles. The normalized spacial score (nSPS) is 12.4. The average molecular weight is 276 g/mol. The van der Waals surface area contributed by atoms with Crippen LogP contribution in [0.4, 0.5) is 5.95 Å². The molecule has 3 rings (SSSR count). The highest BCUT2D eigenvalue weighted by Crippen LogP contribution is 2.32. The predicted octanol–water partition coefficient (Wildman–Crippen LogP) is -0.700. The van der Waals surface area contributed by atoms with E-state index in [0.29, 0.717) is 18.0 Å². The van der Waals surface area contributed by atoms with Gasteiger partial charge < -0.3 is 20.5 Å². The predicted molar refractivity (Wildman–Crippen MR) is 66.6 cm³/mol. The van der Waals surface area contributed by atoms with E-state index in [-0.39, 0.29) is 25.2 Å². The molecule has 0 aliphatic carbocycles. The van der Waals surface area contributed by atoms with Gasteiger partial charge in [0.2, 0.25) is 18.6 Å². The molecule has 0 bridgehead atoms. The maximum atomic E-state index is 11.7. The molecule has 1 aromatic heterocycles. The van der Waals surface area contributed by atoms with Crippen LogP contribution in [0.1, 0.15) is 5.56 Å². The third kappa shape index (κ3) is 2.46. The maximum absolute atomic E-state index is 11.7. The molecule has 3 N–H and O–H groups in total. The van der Waals surface area contributed by atoms with Crippen molar-refractivity contribution in [1.82, 2.24) is 25.5 Å². The number of nitrogens with two attached hydrogens (primary N) is 1. The van der Waals surface area contributed by atoms with Gasteiger partial charge in [0.25, 0.3) is 0 Å². The molecule has 2 aromatic rings. The van der Waals surface area contributed by atoms with Crippen molar-refractivity contribution in [1.29, 1.82) is 0 Å². The van der Waals surface area contributed by atoms with Crippen LogP contribution in [0.25, 0.3) is 0 Å². The third-order valence-corrected chi connectivity index (χ3v) is 2.78. The summed E-state index contributed by atoms with van der Waals surface area (Å²) < 4.78 is 11.7. The number of benzene rings is 1. The Bertz CT molecular complexity index is 641. The first-order valence-corrected chi connectivity index (χ1v) is 5.89. The summed E-state index contributed by atoms with van der Waals surface area (Å²) in [5.74, 6) is 1.26. The molecule has 1 aliphatic rings. The Morgan fingerprint density at radius 1 is 1.40 bits per heavy atom. The zero-order valence-corrected chi connectivity index (χ0v) is 10.4. The van der Waals surface area contributed by atoms with Crippen LogP contribution in [-0.4, -0.2) is 32.9 Å². The first kappa shape index (κ1) is 12.2. The van der Waals surface area contributed by atoms with Gasteiger partial charge >= 0.3 is 0 Å². The summed E-state index contributed by atoms with van der Waals surface area (Å²) in [7, 11) is 0. The van der Waals surface area contributed by atoms with E-state index in [2.05, 4.69) is 20.8 Å². The number of carbonyl (C=O) groups excluding carboxylic acids is 1. The molecule has 0 atom stereocenters. The lowest BCUT2D eigenvalue weighted by atomic mass is 10.2. The molecule has 0 spiro atoms. The number of nitrogens with one attached hydrogen (secondary N) is 1. The van der Waals surface area contributed by atoms with Crippen molar-refractivity contribution in [2.24, 2.45) is 0 Å². The number of aromatic nitrogens is 4. The molecular weight excluding hydrogens is 264 g/mol. The highest BCUT2D eigenvalue weighted by molar-refractivity contribution is 5.75. The Morgan fingerprint density at radius 2 is 2.25 bits per heavy atom. The van der Waals surface area contributed by atoms with Crippen LogP contribution in [-0.2, 0) is 17.9 Å². The van der Waals surface area contributed by atoms with E-state index in [1.54, 1.807) is 0 Å². The van der Waals surface area contributed by atoms with Crippen LogP contribution in [0.3, 0.4) is 0 Å². The Balaban J connectivity index is 1.57. The van der Waals surface area contributed by atoms with Gasteiger partial charge in [-0.1, -0.05) is 11.2 Å². The summed E-state index contributed by atoms with van der Waals surface area (Å²) in [6.45, 7) is 0.574. The number of amides is 1. The Kier molecular flexibility index (Phi) is 3.07. The first-order valence-electron chi connectivity index (χ1n) is 5.89. The van der Waals surface area contributed by atoms with Crippen LogP contribution >= 0.6 is 0 Å². The second-order valence-electron chi connectivity index (χ2n) is 4.16. The van der Waals surface area contributed by atoms with Gasteiger partial charge in [-0.2, -0.15) is 0 Å². The summed E-state index contributed by atoms with van der Waals surface area (Å²) in [5.41, 5.74) is 6.38. The molecular formula is C11H12N6O3. The fourth-order valence-electron chi connectivity index (χ4n) is 1.77. The number of nitrogen functional groups attached to an aromatic ring is 1. The fourth-order valence-corrected chi connectivity index (χ4v) is 1.77. The van der Waals surface area contributed by atoms with Crippen LogP contribution < -0.4 is 20.5 Å². The zero-order valence-electron chi connectivity index (χ0n) is 10.4. The summed E-state index contributed by atoms with van der Waals surface area (Å²) in [5, 5.41) is 13.2. The smallest absolute Gasteiger partial charge is 0.242 e. The van der Waals surface area contributed by atoms with Crippen molar-refractivity contribution in [2.75, 3.05) is 12.5 Å². The molecule has 0 unspecified atom stereocenters. The van der Waals surface area contributed by atoms with Crippen molar-refractivity contribution >= 4 is 11.9 Å². The molecule has 20 heavy (non-hydrogen) atoms. The van der Waals surface area contributed by atoms with Gasteiger partial charge in [0.15, 0.2) is 11.5 Å². The number of rotatable bonds is 4. The standard InChI is InChI=1S/C11H12N6O3/c12-11-14-15-16-17(11)5-10(18)13-4-7-1-2-8-9(3-7)20-6-19-8/h1-3H,4-6H2,(H,13,18)(H2,12,14,16). The topological polar surface area (TPSA) is 117 Å². The van der Waals surface area contributed by atoms with E-state index >= 15 is 0 Å². The Labute approximate surface area is 113 Å². The van der Waals surface area contributed by atoms with Crippen molar-refractivity contribution in [2.45, 2.75) is 13.1 Å². The van der Waals surface area contributed by atoms with Gasteiger partial charge in [0.05, 0.1) is 0 Å². The second kappa shape index (κ2) is 5.03. The number of ether oxygens (including phenoxy) is 2. The van der Waals surface area contributed by atoms with Crippen LogP contribution in [0.5, 0.6) is 11.5 Å². The van der Waals surface area contributed by atoms with E-state index in [4.69, 9.17) is 15.2 Å². The van der Waals surface area contributed by atoms with Gasteiger partial charge in [-0.15, -0.1) is 0 Å². The quantitative estimate of drug-likeness (QED) is 0.758. The van der Waals surface area contributed by atoms with Gasteiger partial charge in [-0.3, -0.25) is 4.79 Å². The average Bonchev–Trinajstić information content (AvgIpc) is 3.05. The minimum absolute atomic E-state index is 0.0244. The van der Waals surface area contributed by atoms with E-state index in [1.807, 2.05) is 18.2 Å². The number of carbonyl (C=O) groups is 1. The number of tetrazole rings is 1. The van der Waals surface area contributed by atoms with Crippen molar-refractivity contribution in [3.8, 4) is 11.5 Å². The van der Waals surface area contributed by atoms with Gasteiger partial charge in [-0.05, 0) is 28.1 Å². The van der Waals surface area contributed by atoms with Crippen molar-refractivity contribution in [3.63, 3.8) is 0 Å². The molecule has 0 saturated carbocycles. The maximum Gasteiger partial charge on any atom is 0.242 e. The Morgan fingerprint density at radius 3 is 3.05 bits per heavy atom. The molecule has 104 valence electrons. The van der Waals surface area contributed by atoms with Gasteiger partial charge in [0, 0.05) is 6.54 Å². The minimum atomic E-state index is -0.235. The molecule has 0 fully saturated rings. The minimum Gasteiger partial charge on any atom is -0.454 e. The lowest BCUT2D eigenvalue weighted by Crippen LogP contribution is -2.28. The molecule has 1 aromatic carbocycles.